The van der Waals surface area contributed by atoms with E-state index in [9.17, 15) is 4.79 Å². The van der Waals surface area contributed by atoms with Gasteiger partial charge in [0.15, 0.2) is 0 Å². The minimum atomic E-state index is 0.0509. The Morgan fingerprint density at radius 3 is 2.82 bits per heavy atom. The van der Waals surface area contributed by atoms with Crippen molar-refractivity contribution in [1.82, 2.24) is 15.0 Å². The van der Waals surface area contributed by atoms with Crippen LogP contribution in [0.15, 0.2) is 53.1 Å². The van der Waals surface area contributed by atoms with E-state index in [1.807, 2.05) is 60.4 Å². The molecule has 0 aliphatic carbocycles. The van der Waals surface area contributed by atoms with E-state index in [0.717, 1.165) is 36.3 Å². The molecule has 0 N–H and O–H groups in total. The summed E-state index contributed by atoms with van der Waals surface area (Å²) < 4.78 is 10.8. The number of aryl methyl sites for hydroxylation is 1. The quantitative estimate of drug-likeness (QED) is 0.685. The van der Waals surface area contributed by atoms with Gasteiger partial charge in [0.2, 0.25) is 11.7 Å². The molecule has 1 saturated heterocycles. The lowest BCUT2D eigenvalue weighted by atomic mass is 9.97. The molecular formula is C22H23N3O3. The first-order valence-electron chi connectivity index (χ1n) is 9.48. The van der Waals surface area contributed by atoms with Crippen molar-refractivity contribution in [3.05, 3.63) is 65.5 Å². The zero-order valence-electron chi connectivity index (χ0n) is 16.1. The van der Waals surface area contributed by atoms with Crippen LogP contribution in [0.3, 0.4) is 0 Å². The van der Waals surface area contributed by atoms with Crippen molar-refractivity contribution in [1.29, 1.82) is 0 Å². The van der Waals surface area contributed by atoms with E-state index >= 15 is 0 Å². The number of hydrogen-bond donors (Lipinski definition) is 0. The maximum absolute atomic E-state index is 12.8. The van der Waals surface area contributed by atoms with Crippen LogP contribution < -0.4 is 4.74 Å². The van der Waals surface area contributed by atoms with Crippen molar-refractivity contribution in [3.63, 3.8) is 0 Å². The highest BCUT2D eigenvalue weighted by Gasteiger charge is 2.29. The standard InChI is InChI=1S/C22H23N3O3/c1-15-8-10-16(11-9-15)22(26)25-12-4-6-18(14-25)21-23-20(24-28-21)17-5-3-7-19(13-17)27-2/h3,5,7-11,13,18H,4,6,12,14H2,1-2H3. The average molecular weight is 377 g/mol. The highest BCUT2D eigenvalue weighted by atomic mass is 16.5. The number of rotatable bonds is 4. The molecule has 0 saturated carbocycles. The zero-order chi connectivity index (χ0) is 19.5. The lowest BCUT2D eigenvalue weighted by Gasteiger charge is -2.31. The van der Waals surface area contributed by atoms with Crippen LogP contribution in [0.5, 0.6) is 5.75 Å². The molecule has 4 rings (SSSR count). The second-order valence-electron chi connectivity index (χ2n) is 7.14. The van der Waals surface area contributed by atoms with E-state index in [0.29, 0.717) is 23.8 Å². The number of carbonyl (C=O) groups excluding carboxylic acids is 1. The molecule has 6 nitrogen and oxygen atoms in total. The Balaban J connectivity index is 1.49. The topological polar surface area (TPSA) is 68.5 Å². The van der Waals surface area contributed by atoms with Gasteiger partial charge < -0.3 is 14.2 Å². The van der Waals surface area contributed by atoms with Crippen molar-refractivity contribution in [2.24, 2.45) is 0 Å². The fraction of sp³-hybridized carbons (Fsp3) is 0.318. The fourth-order valence-electron chi connectivity index (χ4n) is 3.52. The van der Waals surface area contributed by atoms with Gasteiger partial charge in [-0.2, -0.15) is 4.98 Å². The molecule has 6 heteroatoms. The van der Waals surface area contributed by atoms with Crippen LogP contribution in [-0.4, -0.2) is 41.1 Å². The average Bonchev–Trinajstić information content (AvgIpc) is 3.24. The summed E-state index contributed by atoms with van der Waals surface area (Å²) in [5, 5.41) is 4.13. The first-order valence-corrected chi connectivity index (χ1v) is 9.48. The van der Waals surface area contributed by atoms with Gasteiger partial charge in [0.05, 0.1) is 13.0 Å². The molecule has 28 heavy (non-hydrogen) atoms. The monoisotopic (exact) mass is 377 g/mol. The Hall–Kier alpha value is -3.15. The normalized spacial score (nSPS) is 16.8. The number of piperidine rings is 1. The summed E-state index contributed by atoms with van der Waals surface area (Å²) in [5.74, 6) is 1.97. The molecule has 1 unspecified atom stereocenters. The number of hydrogen-bond acceptors (Lipinski definition) is 5. The van der Waals surface area contributed by atoms with E-state index in [-0.39, 0.29) is 11.8 Å². The molecule has 0 bridgehead atoms. The molecule has 0 radical (unpaired) electrons. The van der Waals surface area contributed by atoms with Crippen LogP contribution >= 0.6 is 0 Å². The molecule has 1 aliphatic heterocycles. The molecular weight excluding hydrogens is 354 g/mol. The predicted molar refractivity (Wildman–Crippen MR) is 105 cm³/mol. The second kappa shape index (κ2) is 7.84. The number of carbonyl (C=O) groups is 1. The molecule has 144 valence electrons. The third kappa shape index (κ3) is 3.76. The molecule has 3 aromatic rings. The van der Waals surface area contributed by atoms with Crippen LogP contribution in [0.2, 0.25) is 0 Å². The molecule has 2 aromatic carbocycles. The third-order valence-corrected chi connectivity index (χ3v) is 5.13. The highest BCUT2D eigenvalue weighted by molar-refractivity contribution is 5.94. The predicted octanol–water partition coefficient (Wildman–Crippen LogP) is 4.07. The van der Waals surface area contributed by atoms with Gasteiger partial charge in [0.1, 0.15) is 5.75 Å². The SMILES string of the molecule is COc1cccc(-c2noc(C3CCCN(C(=O)c4ccc(C)cc4)C3)n2)c1. The number of likely N-dealkylation sites (tertiary alicyclic amines) is 1. The van der Waals surface area contributed by atoms with Gasteiger partial charge in [-0.25, -0.2) is 0 Å². The van der Waals surface area contributed by atoms with E-state index in [1.165, 1.54) is 0 Å². The van der Waals surface area contributed by atoms with E-state index in [4.69, 9.17) is 9.26 Å². The van der Waals surface area contributed by atoms with Crippen LogP contribution in [-0.2, 0) is 0 Å². The molecule has 1 atom stereocenters. The van der Waals surface area contributed by atoms with Crippen LogP contribution in [0.25, 0.3) is 11.4 Å². The summed E-state index contributed by atoms with van der Waals surface area (Å²) in [6.45, 7) is 3.35. The lowest BCUT2D eigenvalue weighted by Crippen LogP contribution is -2.39. The summed E-state index contributed by atoms with van der Waals surface area (Å²) >= 11 is 0. The van der Waals surface area contributed by atoms with Gasteiger partial charge in [-0.05, 0) is 44.0 Å². The number of methoxy groups -OCH3 is 1. The Morgan fingerprint density at radius 2 is 2.04 bits per heavy atom. The van der Waals surface area contributed by atoms with Crippen LogP contribution in [0.1, 0.15) is 40.6 Å². The maximum atomic E-state index is 12.8. The number of aromatic nitrogens is 2. The van der Waals surface area contributed by atoms with Crippen molar-refractivity contribution < 1.29 is 14.1 Å². The van der Waals surface area contributed by atoms with Gasteiger partial charge in [-0.15, -0.1) is 0 Å². The Bertz CT molecular complexity index is 965. The summed E-state index contributed by atoms with van der Waals surface area (Å²) in [7, 11) is 1.63. The van der Waals surface area contributed by atoms with Gasteiger partial charge in [0.25, 0.3) is 5.91 Å². The molecule has 2 heterocycles. The fourth-order valence-corrected chi connectivity index (χ4v) is 3.52. The van der Waals surface area contributed by atoms with Crippen molar-refractivity contribution in [2.75, 3.05) is 20.2 Å². The Morgan fingerprint density at radius 1 is 1.21 bits per heavy atom. The van der Waals surface area contributed by atoms with Crippen molar-refractivity contribution in [2.45, 2.75) is 25.7 Å². The number of nitrogens with zero attached hydrogens (tertiary/aromatic N) is 3. The molecule has 1 aromatic heterocycles. The van der Waals surface area contributed by atoms with E-state index in [1.54, 1.807) is 7.11 Å². The smallest absolute Gasteiger partial charge is 0.253 e. The summed E-state index contributed by atoms with van der Waals surface area (Å²) in [5.41, 5.74) is 2.70. The molecule has 1 aliphatic rings. The minimum Gasteiger partial charge on any atom is -0.497 e. The Labute approximate surface area is 164 Å². The third-order valence-electron chi connectivity index (χ3n) is 5.13. The second-order valence-corrected chi connectivity index (χ2v) is 7.14. The highest BCUT2D eigenvalue weighted by Crippen LogP contribution is 2.29. The van der Waals surface area contributed by atoms with E-state index < -0.39 is 0 Å². The maximum Gasteiger partial charge on any atom is 0.253 e. The largest absolute Gasteiger partial charge is 0.497 e. The van der Waals surface area contributed by atoms with Gasteiger partial charge in [0, 0.05) is 24.2 Å². The lowest BCUT2D eigenvalue weighted by molar-refractivity contribution is 0.0695. The molecule has 0 spiro atoms. The van der Waals surface area contributed by atoms with Crippen molar-refractivity contribution >= 4 is 5.91 Å². The zero-order valence-corrected chi connectivity index (χ0v) is 16.1. The number of benzene rings is 2. The number of amides is 1. The van der Waals surface area contributed by atoms with E-state index in [2.05, 4.69) is 10.1 Å². The van der Waals surface area contributed by atoms with Gasteiger partial charge >= 0.3 is 0 Å². The molecule has 1 fully saturated rings. The van der Waals surface area contributed by atoms with Gasteiger partial charge in [-0.1, -0.05) is 35.0 Å². The first kappa shape index (κ1) is 18.2. The summed E-state index contributed by atoms with van der Waals surface area (Å²) in [6.07, 6.45) is 1.84. The van der Waals surface area contributed by atoms with Crippen LogP contribution in [0, 0.1) is 6.92 Å². The number of ether oxygens (including phenoxy) is 1. The Kier molecular flexibility index (Phi) is 5.10. The minimum absolute atomic E-state index is 0.0509. The van der Waals surface area contributed by atoms with Crippen molar-refractivity contribution in [3.8, 4) is 17.1 Å². The van der Waals surface area contributed by atoms with Gasteiger partial charge in [-0.3, -0.25) is 4.79 Å². The summed E-state index contributed by atoms with van der Waals surface area (Å²) in [4.78, 5) is 19.3. The van der Waals surface area contributed by atoms with Crippen LogP contribution in [0.4, 0.5) is 0 Å². The summed E-state index contributed by atoms with van der Waals surface area (Å²) in [6, 6.07) is 15.3. The first-order chi connectivity index (χ1) is 13.6. The molecule has 1 amide bonds.